The van der Waals surface area contributed by atoms with Gasteiger partial charge in [0.2, 0.25) is 5.91 Å². The number of rotatable bonds is 3. The summed E-state index contributed by atoms with van der Waals surface area (Å²) in [6.45, 7) is 0.645. The van der Waals surface area contributed by atoms with Crippen LogP contribution in [0.4, 0.5) is 0 Å². The summed E-state index contributed by atoms with van der Waals surface area (Å²) in [6, 6.07) is 8.20. The topological polar surface area (TPSA) is 46.3 Å². The first-order chi connectivity index (χ1) is 8.08. The molecule has 1 aliphatic rings. The summed E-state index contributed by atoms with van der Waals surface area (Å²) in [5.74, 6) is 0.347. The van der Waals surface area contributed by atoms with Gasteiger partial charge >= 0.3 is 0 Å². The van der Waals surface area contributed by atoms with E-state index in [4.69, 9.17) is 5.73 Å². The molecule has 17 heavy (non-hydrogen) atoms. The second kappa shape index (κ2) is 5.19. The zero-order valence-electron chi connectivity index (χ0n) is 9.90. The Labute approximate surface area is 110 Å². The third-order valence-corrected chi connectivity index (χ3v) is 4.04. The van der Waals surface area contributed by atoms with Crippen molar-refractivity contribution in [3.63, 3.8) is 0 Å². The minimum Gasteiger partial charge on any atom is -0.341 e. The monoisotopic (exact) mass is 296 g/mol. The lowest BCUT2D eigenvalue weighted by molar-refractivity contribution is -0.137. The van der Waals surface area contributed by atoms with E-state index >= 15 is 0 Å². The fourth-order valence-electron chi connectivity index (χ4n) is 2.14. The Morgan fingerprint density at radius 3 is 2.71 bits per heavy atom. The smallest absolute Gasteiger partial charge is 0.225 e. The molecular weight excluding hydrogens is 280 g/mol. The van der Waals surface area contributed by atoms with E-state index < -0.39 is 0 Å². The summed E-state index contributed by atoms with van der Waals surface area (Å²) in [4.78, 5) is 13.8. The molecule has 1 aliphatic carbocycles. The maximum absolute atomic E-state index is 12.0. The van der Waals surface area contributed by atoms with Crippen LogP contribution >= 0.6 is 15.9 Å². The second-order valence-corrected chi connectivity index (χ2v) is 5.57. The first kappa shape index (κ1) is 12.6. The summed E-state index contributed by atoms with van der Waals surface area (Å²) in [7, 11) is 1.85. The molecule has 4 heteroatoms. The van der Waals surface area contributed by atoms with E-state index in [9.17, 15) is 4.79 Å². The number of carbonyl (C=O) groups is 1. The van der Waals surface area contributed by atoms with Gasteiger partial charge in [-0.05, 0) is 24.5 Å². The van der Waals surface area contributed by atoms with E-state index in [0.29, 0.717) is 6.54 Å². The normalized spacial score (nSPS) is 23.0. The Morgan fingerprint density at radius 2 is 2.12 bits per heavy atom. The predicted molar refractivity (Wildman–Crippen MR) is 71.3 cm³/mol. The standard InChI is InChI=1S/C13H17BrN2O/c1-16(13(17)10-6-11(15)7-10)8-9-4-2-3-5-12(9)14/h2-5,10-11H,6-8,15H2,1H3. The van der Waals surface area contributed by atoms with E-state index in [1.54, 1.807) is 4.90 Å². The van der Waals surface area contributed by atoms with Gasteiger partial charge in [-0.3, -0.25) is 4.79 Å². The Balaban J connectivity index is 1.95. The van der Waals surface area contributed by atoms with Gasteiger partial charge in [0, 0.05) is 30.0 Å². The van der Waals surface area contributed by atoms with E-state index in [0.717, 1.165) is 22.9 Å². The number of nitrogens with two attached hydrogens (primary N) is 1. The van der Waals surface area contributed by atoms with Gasteiger partial charge in [0.25, 0.3) is 0 Å². The number of hydrogen-bond acceptors (Lipinski definition) is 2. The highest BCUT2D eigenvalue weighted by Gasteiger charge is 2.33. The van der Waals surface area contributed by atoms with Gasteiger partial charge in [0.05, 0.1) is 0 Å². The van der Waals surface area contributed by atoms with Crippen molar-refractivity contribution >= 4 is 21.8 Å². The Kier molecular flexibility index (Phi) is 3.84. The number of halogens is 1. The van der Waals surface area contributed by atoms with Crippen LogP contribution in [0.2, 0.25) is 0 Å². The number of nitrogens with zero attached hydrogens (tertiary/aromatic N) is 1. The molecule has 0 bridgehead atoms. The van der Waals surface area contributed by atoms with Gasteiger partial charge in [-0.15, -0.1) is 0 Å². The molecule has 1 saturated carbocycles. The van der Waals surface area contributed by atoms with Crippen LogP contribution in [0.15, 0.2) is 28.7 Å². The molecule has 92 valence electrons. The lowest BCUT2D eigenvalue weighted by Gasteiger charge is -2.34. The fraction of sp³-hybridized carbons (Fsp3) is 0.462. The quantitative estimate of drug-likeness (QED) is 0.929. The largest absolute Gasteiger partial charge is 0.341 e. The summed E-state index contributed by atoms with van der Waals surface area (Å²) in [5, 5.41) is 0. The maximum atomic E-state index is 12.0. The van der Waals surface area contributed by atoms with Gasteiger partial charge < -0.3 is 10.6 Å². The fourth-order valence-corrected chi connectivity index (χ4v) is 2.55. The number of hydrogen-bond donors (Lipinski definition) is 1. The molecule has 0 unspecified atom stereocenters. The zero-order chi connectivity index (χ0) is 12.4. The Hall–Kier alpha value is -0.870. The van der Waals surface area contributed by atoms with E-state index in [1.165, 1.54) is 0 Å². The lowest BCUT2D eigenvalue weighted by Crippen LogP contribution is -2.45. The molecule has 0 aromatic heterocycles. The first-order valence-corrected chi connectivity index (χ1v) is 6.61. The van der Waals surface area contributed by atoms with Crippen molar-refractivity contribution in [3.05, 3.63) is 34.3 Å². The van der Waals surface area contributed by atoms with Crippen molar-refractivity contribution in [1.82, 2.24) is 4.90 Å². The minimum absolute atomic E-state index is 0.137. The molecule has 0 heterocycles. The Morgan fingerprint density at radius 1 is 1.47 bits per heavy atom. The van der Waals surface area contributed by atoms with Crippen molar-refractivity contribution in [2.75, 3.05) is 7.05 Å². The molecule has 0 saturated heterocycles. The molecule has 0 radical (unpaired) electrons. The second-order valence-electron chi connectivity index (χ2n) is 4.71. The highest BCUT2D eigenvalue weighted by molar-refractivity contribution is 9.10. The van der Waals surface area contributed by atoms with Crippen LogP contribution in [0.3, 0.4) is 0 Å². The van der Waals surface area contributed by atoms with Gasteiger partial charge in [-0.25, -0.2) is 0 Å². The summed E-state index contributed by atoms with van der Waals surface area (Å²) >= 11 is 3.49. The molecule has 0 atom stereocenters. The average Bonchev–Trinajstić information content (AvgIpc) is 2.27. The van der Waals surface area contributed by atoms with Gasteiger partial charge in [0.15, 0.2) is 0 Å². The summed E-state index contributed by atoms with van der Waals surface area (Å²) in [6.07, 6.45) is 1.66. The van der Waals surface area contributed by atoms with Crippen molar-refractivity contribution in [3.8, 4) is 0 Å². The molecule has 1 fully saturated rings. The van der Waals surface area contributed by atoms with Gasteiger partial charge in [0.1, 0.15) is 0 Å². The minimum atomic E-state index is 0.137. The van der Waals surface area contributed by atoms with E-state index in [2.05, 4.69) is 15.9 Å². The molecule has 0 spiro atoms. The van der Waals surface area contributed by atoms with Crippen molar-refractivity contribution in [2.24, 2.45) is 11.7 Å². The molecule has 1 aromatic rings. The van der Waals surface area contributed by atoms with E-state index in [1.807, 2.05) is 31.3 Å². The SMILES string of the molecule is CN(Cc1ccccc1Br)C(=O)C1CC(N)C1. The molecule has 3 nitrogen and oxygen atoms in total. The summed E-state index contributed by atoms with van der Waals surface area (Å²) in [5.41, 5.74) is 6.84. The third-order valence-electron chi connectivity index (χ3n) is 3.27. The van der Waals surface area contributed by atoms with Crippen LogP contribution in [0.25, 0.3) is 0 Å². The van der Waals surface area contributed by atoms with Gasteiger partial charge in [-0.2, -0.15) is 0 Å². The number of amides is 1. The summed E-state index contributed by atoms with van der Waals surface area (Å²) < 4.78 is 1.05. The molecule has 2 rings (SSSR count). The number of carbonyl (C=O) groups excluding carboxylic acids is 1. The van der Waals surface area contributed by atoms with Crippen LogP contribution < -0.4 is 5.73 Å². The maximum Gasteiger partial charge on any atom is 0.225 e. The molecule has 0 aliphatic heterocycles. The lowest BCUT2D eigenvalue weighted by atomic mass is 9.80. The van der Waals surface area contributed by atoms with Crippen molar-refractivity contribution in [1.29, 1.82) is 0 Å². The van der Waals surface area contributed by atoms with Crippen LogP contribution in [-0.2, 0) is 11.3 Å². The Bertz CT molecular complexity index is 416. The van der Waals surface area contributed by atoms with Crippen LogP contribution in [0.5, 0.6) is 0 Å². The van der Waals surface area contributed by atoms with Crippen LogP contribution in [0.1, 0.15) is 18.4 Å². The van der Waals surface area contributed by atoms with Crippen molar-refractivity contribution in [2.45, 2.75) is 25.4 Å². The highest BCUT2D eigenvalue weighted by atomic mass is 79.9. The predicted octanol–water partition coefficient (Wildman–Crippen LogP) is 2.14. The van der Waals surface area contributed by atoms with Crippen LogP contribution in [-0.4, -0.2) is 23.9 Å². The molecule has 1 amide bonds. The molecular formula is C13H17BrN2O. The van der Waals surface area contributed by atoms with Crippen molar-refractivity contribution < 1.29 is 4.79 Å². The third kappa shape index (κ3) is 2.87. The van der Waals surface area contributed by atoms with E-state index in [-0.39, 0.29) is 17.9 Å². The number of benzene rings is 1. The van der Waals surface area contributed by atoms with Crippen LogP contribution in [0, 0.1) is 5.92 Å². The average molecular weight is 297 g/mol. The first-order valence-electron chi connectivity index (χ1n) is 5.82. The highest BCUT2D eigenvalue weighted by Crippen LogP contribution is 2.28. The van der Waals surface area contributed by atoms with Gasteiger partial charge in [-0.1, -0.05) is 34.1 Å². The molecule has 2 N–H and O–H groups in total. The molecule has 1 aromatic carbocycles. The zero-order valence-corrected chi connectivity index (χ0v) is 11.5.